The fourth-order valence-electron chi connectivity index (χ4n) is 2.43. The maximum absolute atomic E-state index is 5.73. The molecular weight excluding hydrogens is 195 g/mol. The van der Waals surface area contributed by atoms with Crippen LogP contribution in [0.15, 0.2) is 0 Å². The molecule has 0 saturated heterocycles. The summed E-state index contributed by atoms with van der Waals surface area (Å²) in [7, 11) is 0. The van der Waals surface area contributed by atoms with Crippen LogP contribution in [-0.4, -0.2) is 5.60 Å². The predicted octanol–water partition coefficient (Wildman–Crippen LogP) is 3.04. The van der Waals surface area contributed by atoms with Crippen LogP contribution in [0.4, 0.5) is 0 Å². The molecular formula is C7H12OPS2+. The molecule has 4 heteroatoms. The van der Waals surface area contributed by atoms with Crippen molar-refractivity contribution in [1.82, 2.24) is 0 Å². The minimum absolute atomic E-state index is 0.180. The Morgan fingerprint density at radius 2 is 2.09 bits per heavy atom. The molecule has 2 aliphatic rings. The maximum atomic E-state index is 5.73. The average Bonchev–Trinajstić information content (AvgIpc) is 2.43. The fourth-order valence-corrected chi connectivity index (χ4v) is 4.01. The van der Waals surface area contributed by atoms with Crippen molar-refractivity contribution in [2.24, 2.45) is 5.92 Å². The summed E-state index contributed by atoms with van der Waals surface area (Å²) < 4.78 is 5.73. The van der Waals surface area contributed by atoms with E-state index >= 15 is 0 Å². The van der Waals surface area contributed by atoms with Gasteiger partial charge in [-0.2, -0.15) is 4.52 Å². The van der Waals surface area contributed by atoms with E-state index in [1.54, 1.807) is 0 Å². The number of hydrogen-bond acceptors (Lipinski definition) is 2. The van der Waals surface area contributed by atoms with Gasteiger partial charge in [0.2, 0.25) is 11.8 Å². The van der Waals surface area contributed by atoms with Gasteiger partial charge in [-0.25, -0.2) is 0 Å². The second-order valence-corrected chi connectivity index (χ2v) is 7.21. The lowest BCUT2D eigenvalue weighted by atomic mass is 9.98. The Kier molecular flexibility index (Phi) is 2.26. The molecule has 1 atom stereocenters. The first kappa shape index (κ1) is 8.43. The second kappa shape index (κ2) is 2.95. The molecule has 0 aromatic heterocycles. The molecule has 1 nitrogen and oxygen atoms in total. The van der Waals surface area contributed by atoms with E-state index in [1.807, 2.05) is 0 Å². The third kappa shape index (κ3) is 1.62. The van der Waals surface area contributed by atoms with E-state index in [-0.39, 0.29) is 5.60 Å². The minimum atomic E-state index is -0.861. The van der Waals surface area contributed by atoms with Crippen molar-refractivity contribution in [2.45, 2.75) is 37.7 Å². The molecule has 1 unspecified atom stereocenters. The Morgan fingerprint density at radius 1 is 1.45 bits per heavy atom. The van der Waals surface area contributed by atoms with E-state index in [2.05, 4.69) is 12.2 Å². The SMILES string of the molecule is S=[P+](S)OC12CCC(CC1)C2. The molecule has 0 spiro atoms. The van der Waals surface area contributed by atoms with Crippen LogP contribution in [0.3, 0.4) is 0 Å². The van der Waals surface area contributed by atoms with Crippen molar-refractivity contribution in [2.75, 3.05) is 0 Å². The number of rotatable bonds is 2. The van der Waals surface area contributed by atoms with Gasteiger partial charge in [0, 0.05) is 0 Å². The smallest absolute Gasteiger partial charge is 0.152 e. The minimum Gasteiger partial charge on any atom is -0.152 e. The van der Waals surface area contributed by atoms with Crippen LogP contribution in [0.2, 0.25) is 0 Å². The highest BCUT2D eigenvalue weighted by Crippen LogP contribution is 2.54. The Morgan fingerprint density at radius 3 is 2.45 bits per heavy atom. The van der Waals surface area contributed by atoms with Gasteiger partial charge >= 0.3 is 6.13 Å². The van der Waals surface area contributed by atoms with Gasteiger partial charge < -0.3 is 0 Å². The highest BCUT2D eigenvalue weighted by atomic mass is 32.9. The van der Waals surface area contributed by atoms with Gasteiger partial charge in [0.25, 0.3) is 0 Å². The zero-order valence-electron chi connectivity index (χ0n) is 6.32. The summed E-state index contributed by atoms with van der Waals surface area (Å²) in [6.45, 7) is 0. The molecule has 2 rings (SSSR count). The van der Waals surface area contributed by atoms with Gasteiger partial charge in [0.1, 0.15) is 17.8 Å². The van der Waals surface area contributed by atoms with Crippen molar-refractivity contribution >= 4 is 30.2 Å². The summed E-state index contributed by atoms with van der Waals surface area (Å²) in [6.07, 6.45) is 5.56. The summed E-state index contributed by atoms with van der Waals surface area (Å²) >= 11 is 9.14. The number of thiol groups is 1. The molecule has 2 aliphatic carbocycles. The van der Waals surface area contributed by atoms with Crippen LogP contribution in [0.1, 0.15) is 32.1 Å². The van der Waals surface area contributed by atoms with E-state index in [0.717, 1.165) is 5.92 Å². The largest absolute Gasteiger partial charge is 0.411 e. The van der Waals surface area contributed by atoms with E-state index < -0.39 is 6.13 Å². The predicted molar refractivity (Wildman–Crippen MR) is 53.7 cm³/mol. The molecule has 2 fully saturated rings. The Balaban J connectivity index is 2.05. The normalized spacial score (nSPS) is 43.0. The highest BCUT2D eigenvalue weighted by Gasteiger charge is 2.49. The lowest BCUT2D eigenvalue weighted by Crippen LogP contribution is -2.22. The van der Waals surface area contributed by atoms with Crippen molar-refractivity contribution in [3.05, 3.63) is 0 Å². The molecule has 0 amide bonds. The van der Waals surface area contributed by atoms with Crippen LogP contribution < -0.4 is 0 Å². The third-order valence-electron chi connectivity index (χ3n) is 2.95. The standard InChI is InChI=1S/C7H11OPS2/c10-9(11)8-7-3-1-6(5-7)2-4-7/h6H,1-5H2/p+1. The number of hydrogen-bond donors (Lipinski definition) is 1. The van der Waals surface area contributed by atoms with E-state index in [1.165, 1.54) is 32.1 Å². The molecule has 2 saturated carbocycles. The summed E-state index contributed by atoms with van der Waals surface area (Å²) in [5.41, 5.74) is 0.180. The average molecular weight is 207 g/mol. The summed E-state index contributed by atoms with van der Waals surface area (Å²) in [5.74, 6) is 0.938. The summed E-state index contributed by atoms with van der Waals surface area (Å²) in [4.78, 5) is 0. The Hall–Kier alpha value is 0.830. The maximum Gasteiger partial charge on any atom is 0.411 e. The van der Waals surface area contributed by atoms with Crippen LogP contribution in [0.25, 0.3) is 0 Å². The van der Waals surface area contributed by atoms with Crippen molar-refractivity contribution in [1.29, 1.82) is 0 Å². The monoisotopic (exact) mass is 207 g/mol. The molecule has 0 N–H and O–H groups in total. The van der Waals surface area contributed by atoms with E-state index in [9.17, 15) is 0 Å². The topological polar surface area (TPSA) is 9.23 Å². The zero-order chi connectivity index (χ0) is 7.90. The molecule has 2 bridgehead atoms. The van der Waals surface area contributed by atoms with E-state index in [0.29, 0.717) is 0 Å². The second-order valence-electron chi connectivity index (χ2n) is 3.66. The molecule has 0 heterocycles. The summed E-state index contributed by atoms with van der Waals surface area (Å²) in [5, 5.41) is 0. The Labute approximate surface area is 78.6 Å². The third-order valence-corrected chi connectivity index (χ3v) is 3.96. The van der Waals surface area contributed by atoms with Crippen LogP contribution in [0.5, 0.6) is 0 Å². The van der Waals surface area contributed by atoms with Crippen molar-refractivity contribution in [3.63, 3.8) is 0 Å². The lowest BCUT2D eigenvalue weighted by Gasteiger charge is -2.19. The number of fused-ring (bicyclic) bond motifs is 2. The van der Waals surface area contributed by atoms with E-state index in [4.69, 9.17) is 16.3 Å². The van der Waals surface area contributed by atoms with Crippen LogP contribution >= 0.6 is 18.4 Å². The van der Waals surface area contributed by atoms with Gasteiger partial charge in [-0.1, -0.05) is 0 Å². The Bertz CT molecular complexity index is 187. The molecule has 0 aliphatic heterocycles. The van der Waals surface area contributed by atoms with Gasteiger partial charge in [-0.3, -0.25) is 0 Å². The molecule has 0 radical (unpaired) electrons. The van der Waals surface area contributed by atoms with Gasteiger partial charge in [0.15, 0.2) is 0 Å². The lowest BCUT2D eigenvalue weighted by molar-refractivity contribution is 0.104. The van der Waals surface area contributed by atoms with Gasteiger partial charge in [0.05, 0.1) is 0 Å². The van der Waals surface area contributed by atoms with Crippen molar-refractivity contribution in [3.8, 4) is 0 Å². The first-order valence-electron chi connectivity index (χ1n) is 4.05. The zero-order valence-corrected chi connectivity index (χ0v) is 8.93. The first-order valence-corrected chi connectivity index (χ1v) is 7.48. The molecule has 11 heavy (non-hydrogen) atoms. The van der Waals surface area contributed by atoms with Crippen molar-refractivity contribution < 1.29 is 4.52 Å². The van der Waals surface area contributed by atoms with Crippen LogP contribution in [-0.2, 0) is 16.3 Å². The fraction of sp³-hybridized carbons (Fsp3) is 1.00. The van der Waals surface area contributed by atoms with Gasteiger partial charge in [-0.05, 0) is 38.0 Å². The van der Waals surface area contributed by atoms with Gasteiger partial charge in [-0.15, -0.1) is 0 Å². The van der Waals surface area contributed by atoms with Crippen LogP contribution in [0, 0.1) is 5.92 Å². The highest BCUT2D eigenvalue weighted by molar-refractivity contribution is 8.54. The quantitative estimate of drug-likeness (QED) is 0.550. The molecule has 0 aromatic carbocycles. The summed E-state index contributed by atoms with van der Waals surface area (Å²) in [6, 6.07) is 0. The first-order chi connectivity index (χ1) is 5.20. The molecule has 0 aromatic rings. The molecule has 62 valence electrons.